The molecule has 1 unspecified atom stereocenters. The van der Waals surface area contributed by atoms with Gasteiger partial charge in [-0.3, -0.25) is 9.88 Å². The van der Waals surface area contributed by atoms with Gasteiger partial charge < -0.3 is 5.43 Å². The van der Waals surface area contributed by atoms with Crippen molar-refractivity contribution in [2.75, 3.05) is 18.5 Å². The predicted molar refractivity (Wildman–Crippen MR) is 77.3 cm³/mol. The molecule has 0 saturated carbocycles. The van der Waals surface area contributed by atoms with Gasteiger partial charge in [0.05, 0.1) is 18.1 Å². The van der Waals surface area contributed by atoms with E-state index in [0.717, 1.165) is 24.1 Å². The van der Waals surface area contributed by atoms with E-state index in [9.17, 15) is 0 Å². The summed E-state index contributed by atoms with van der Waals surface area (Å²) >= 11 is 0. The van der Waals surface area contributed by atoms with Crippen LogP contribution in [0.15, 0.2) is 12.4 Å². The molecule has 19 heavy (non-hydrogen) atoms. The topological polar surface area (TPSA) is 67.1 Å². The third kappa shape index (κ3) is 4.14. The Balaban J connectivity index is 1.88. The van der Waals surface area contributed by atoms with Gasteiger partial charge in [-0.25, -0.2) is 10.8 Å². The van der Waals surface area contributed by atoms with Gasteiger partial charge >= 0.3 is 0 Å². The fourth-order valence-corrected chi connectivity index (χ4v) is 2.75. The third-order valence-corrected chi connectivity index (χ3v) is 4.05. The number of nitrogens with two attached hydrogens (primary N) is 1. The molecule has 5 heteroatoms. The Labute approximate surface area is 115 Å². The lowest BCUT2D eigenvalue weighted by Crippen LogP contribution is -2.25. The highest BCUT2D eigenvalue weighted by molar-refractivity contribution is 5.28. The quantitative estimate of drug-likeness (QED) is 0.642. The van der Waals surface area contributed by atoms with Crippen molar-refractivity contribution >= 4 is 5.82 Å². The van der Waals surface area contributed by atoms with Gasteiger partial charge in [0, 0.05) is 6.54 Å². The van der Waals surface area contributed by atoms with E-state index in [0.29, 0.717) is 5.82 Å². The molecule has 3 N–H and O–H groups in total. The van der Waals surface area contributed by atoms with Crippen LogP contribution < -0.4 is 11.3 Å². The number of aromatic nitrogens is 2. The molecule has 0 radical (unpaired) electrons. The molecule has 2 rings (SSSR count). The van der Waals surface area contributed by atoms with E-state index in [1.54, 1.807) is 12.4 Å². The molecule has 5 nitrogen and oxygen atoms in total. The minimum absolute atomic E-state index is 0.611. The number of hydrogen-bond donors (Lipinski definition) is 2. The third-order valence-electron chi connectivity index (χ3n) is 4.05. The number of hydrogen-bond acceptors (Lipinski definition) is 5. The van der Waals surface area contributed by atoms with Crippen LogP contribution in [0.25, 0.3) is 0 Å². The molecule has 0 spiro atoms. The lowest BCUT2D eigenvalue weighted by atomic mass is 9.89. The first-order valence-electron chi connectivity index (χ1n) is 7.19. The number of hydrazine groups is 1. The molecule has 0 aliphatic carbocycles. The molecule has 1 aromatic heterocycles. The lowest BCUT2D eigenvalue weighted by Gasteiger charge is -2.20. The van der Waals surface area contributed by atoms with Gasteiger partial charge in [0.25, 0.3) is 0 Å². The molecular weight excluding hydrogens is 238 g/mol. The SMILES string of the molecule is CC(C)C1CCCN(Cc2cnc(NN)cn2)CC1. The number of nitrogens with zero attached hydrogens (tertiary/aromatic N) is 3. The van der Waals surface area contributed by atoms with Crippen LogP contribution in [0.2, 0.25) is 0 Å². The summed E-state index contributed by atoms with van der Waals surface area (Å²) in [4.78, 5) is 11.1. The van der Waals surface area contributed by atoms with Crippen LogP contribution in [-0.2, 0) is 6.54 Å². The van der Waals surface area contributed by atoms with Crippen LogP contribution in [0.3, 0.4) is 0 Å². The second-order valence-corrected chi connectivity index (χ2v) is 5.75. The number of anilines is 1. The summed E-state index contributed by atoms with van der Waals surface area (Å²) in [5, 5.41) is 0. The maximum atomic E-state index is 5.29. The molecule has 1 saturated heterocycles. The smallest absolute Gasteiger partial charge is 0.158 e. The van der Waals surface area contributed by atoms with Crippen molar-refractivity contribution in [1.82, 2.24) is 14.9 Å². The Kier molecular flexibility index (Phi) is 5.10. The fraction of sp³-hybridized carbons (Fsp3) is 0.714. The van der Waals surface area contributed by atoms with E-state index < -0.39 is 0 Å². The summed E-state index contributed by atoms with van der Waals surface area (Å²) in [7, 11) is 0. The van der Waals surface area contributed by atoms with Gasteiger partial charge in [-0.2, -0.15) is 0 Å². The zero-order valence-electron chi connectivity index (χ0n) is 12.0. The molecule has 106 valence electrons. The number of nitrogen functional groups attached to an aromatic ring is 1. The van der Waals surface area contributed by atoms with Crippen LogP contribution in [0, 0.1) is 11.8 Å². The van der Waals surface area contributed by atoms with Gasteiger partial charge in [-0.1, -0.05) is 13.8 Å². The standard InChI is InChI=1S/C14H25N5/c1-11(2)12-4-3-6-19(7-5-12)10-13-8-17-14(18-15)9-16-13/h8-9,11-12H,3-7,10,15H2,1-2H3,(H,17,18). The Morgan fingerprint density at radius 3 is 2.79 bits per heavy atom. The van der Waals surface area contributed by atoms with E-state index >= 15 is 0 Å². The summed E-state index contributed by atoms with van der Waals surface area (Å²) in [6.07, 6.45) is 7.44. The highest BCUT2D eigenvalue weighted by Crippen LogP contribution is 2.25. The van der Waals surface area contributed by atoms with E-state index in [2.05, 4.69) is 34.1 Å². The zero-order valence-corrected chi connectivity index (χ0v) is 12.0. The van der Waals surface area contributed by atoms with Gasteiger partial charge in [-0.15, -0.1) is 0 Å². The second-order valence-electron chi connectivity index (χ2n) is 5.75. The molecule has 0 amide bonds. The fourth-order valence-electron chi connectivity index (χ4n) is 2.75. The predicted octanol–water partition coefficient (Wildman–Crippen LogP) is 2.02. The Bertz CT molecular complexity index is 376. The minimum Gasteiger partial charge on any atom is -0.307 e. The average molecular weight is 263 g/mol. The van der Waals surface area contributed by atoms with Crippen molar-refractivity contribution in [1.29, 1.82) is 0 Å². The molecule has 0 bridgehead atoms. The van der Waals surface area contributed by atoms with Crippen LogP contribution in [0.5, 0.6) is 0 Å². The van der Waals surface area contributed by atoms with E-state index in [1.165, 1.54) is 32.4 Å². The summed E-state index contributed by atoms with van der Waals surface area (Å²) in [6, 6.07) is 0. The van der Waals surface area contributed by atoms with Gasteiger partial charge in [0.15, 0.2) is 5.82 Å². The van der Waals surface area contributed by atoms with Crippen molar-refractivity contribution in [3.8, 4) is 0 Å². The number of nitrogens with one attached hydrogen (secondary N) is 1. The van der Waals surface area contributed by atoms with Crippen molar-refractivity contribution in [2.24, 2.45) is 17.7 Å². The second kappa shape index (κ2) is 6.82. The summed E-state index contributed by atoms with van der Waals surface area (Å²) in [6.45, 7) is 7.90. The largest absolute Gasteiger partial charge is 0.307 e. The van der Waals surface area contributed by atoms with Gasteiger partial charge in [0.2, 0.25) is 0 Å². The first kappa shape index (κ1) is 14.2. The molecular formula is C14H25N5. The van der Waals surface area contributed by atoms with E-state index in [-0.39, 0.29) is 0 Å². The van der Waals surface area contributed by atoms with Crippen LogP contribution in [0.4, 0.5) is 5.82 Å². The molecule has 2 heterocycles. The monoisotopic (exact) mass is 263 g/mol. The van der Waals surface area contributed by atoms with E-state index in [1.807, 2.05) is 0 Å². The summed E-state index contributed by atoms with van der Waals surface area (Å²) < 4.78 is 0. The van der Waals surface area contributed by atoms with Crippen LogP contribution >= 0.6 is 0 Å². The zero-order chi connectivity index (χ0) is 13.7. The van der Waals surface area contributed by atoms with Crippen molar-refractivity contribution in [3.63, 3.8) is 0 Å². The molecule has 1 aromatic rings. The molecule has 1 aliphatic rings. The maximum absolute atomic E-state index is 5.29. The highest BCUT2D eigenvalue weighted by atomic mass is 15.3. The molecule has 1 aliphatic heterocycles. The Morgan fingerprint density at radius 1 is 1.32 bits per heavy atom. The van der Waals surface area contributed by atoms with Crippen molar-refractivity contribution in [3.05, 3.63) is 18.1 Å². The molecule has 1 atom stereocenters. The van der Waals surface area contributed by atoms with Crippen LogP contribution in [0.1, 0.15) is 38.8 Å². The summed E-state index contributed by atoms with van der Waals surface area (Å²) in [5.74, 6) is 7.57. The lowest BCUT2D eigenvalue weighted by molar-refractivity contribution is 0.262. The Morgan fingerprint density at radius 2 is 2.16 bits per heavy atom. The number of rotatable bonds is 4. The minimum atomic E-state index is 0.611. The normalized spacial score (nSPS) is 21.4. The van der Waals surface area contributed by atoms with Crippen LogP contribution in [-0.4, -0.2) is 28.0 Å². The molecule has 0 aromatic carbocycles. The first-order valence-corrected chi connectivity index (χ1v) is 7.19. The Hall–Kier alpha value is -1.20. The molecule has 1 fully saturated rings. The maximum Gasteiger partial charge on any atom is 0.158 e. The van der Waals surface area contributed by atoms with Gasteiger partial charge in [0.1, 0.15) is 0 Å². The van der Waals surface area contributed by atoms with E-state index in [4.69, 9.17) is 5.84 Å². The average Bonchev–Trinajstić information content (AvgIpc) is 2.65. The van der Waals surface area contributed by atoms with Gasteiger partial charge in [-0.05, 0) is 44.2 Å². The van der Waals surface area contributed by atoms with Crippen molar-refractivity contribution < 1.29 is 0 Å². The van der Waals surface area contributed by atoms with Crippen molar-refractivity contribution in [2.45, 2.75) is 39.7 Å². The number of likely N-dealkylation sites (tertiary alicyclic amines) is 1. The highest BCUT2D eigenvalue weighted by Gasteiger charge is 2.19. The first-order chi connectivity index (χ1) is 9.19. The summed E-state index contributed by atoms with van der Waals surface area (Å²) in [5.41, 5.74) is 3.51.